The molecule has 0 atom stereocenters. The molecule has 1 aromatic heterocycles. The van der Waals surface area contributed by atoms with Gasteiger partial charge in [-0.15, -0.1) is 0 Å². The molecule has 0 bridgehead atoms. The van der Waals surface area contributed by atoms with E-state index >= 15 is 0 Å². The minimum Gasteiger partial charge on any atom is -0.494 e. The van der Waals surface area contributed by atoms with Crippen LogP contribution in [-0.2, 0) is 17.8 Å². The van der Waals surface area contributed by atoms with Crippen LogP contribution in [0, 0.1) is 6.92 Å². The van der Waals surface area contributed by atoms with Crippen LogP contribution >= 0.6 is 0 Å². The molecule has 154 valence electrons. The van der Waals surface area contributed by atoms with Gasteiger partial charge in [0.2, 0.25) is 5.91 Å². The average Bonchev–Trinajstić information content (AvgIpc) is 3.07. The molecule has 1 heterocycles. The Bertz CT molecular complexity index is 916. The summed E-state index contributed by atoms with van der Waals surface area (Å²) in [5, 5.41) is 2.99. The van der Waals surface area contributed by atoms with Gasteiger partial charge >= 0.3 is 0 Å². The zero-order valence-electron chi connectivity index (χ0n) is 17.5. The van der Waals surface area contributed by atoms with E-state index in [9.17, 15) is 4.79 Å². The molecule has 2 aromatic carbocycles. The summed E-state index contributed by atoms with van der Waals surface area (Å²) in [6.07, 6.45) is 4.19. The summed E-state index contributed by atoms with van der Waals surface area (Å²) in [5.41, 5.74) is 3.41. The number of fused-ring (bicyclic) bond motifs is 1. The maximum atomic E-state index is 11.7. The number of benzene rings is 2. The number of carbonyl (C=O) groups is 1. The highest BCUT2D eigenvalue weighted by atomic mass is 16.5. The summed E-state index contributed by atoms with van der Waals surface area (Å²) in [4.78, 5) is 16.5. The van der Waals surface area contributed by atoms with Gasteiger partial charge < -0.3 is 14.6 Å². The Kier molecular flexibility index (Phi) is 7.68. The highest BCUT2D eigenvalue weighted by molar-refractivity contribution is 5.76. The predicted octanol–water partition coefficient (Wildman–Crippen LogP) is 4.66. The number of hydrogen-bond acceptors (Lipinski definition) is 3. The van der Waals surface area contributed by atoms with Crippen LogP contribution in [0.5, 0.6) is 5.75 Å². The van der Waals surface area contributed by atoms with Gasteiger partial charge in [0, 0.05) is 25.9 Å². The van der Waals surface area contributed by atoms with Gasteiger partial charge in [-0.3, -0.25) is 4.79 Å². The van der Waals surface area contributed by atoms with Crippen molar-refractivity contribution in [2.24, 2.45) is 0 Å². The topological polar surface area (TPSA) is 56.2 Å². The number of hydrogen-bond donors (Lipinski definition) is 1. The second-order valence-corrected chi connectivity index (χ2v) is 7.39. The van der Waals surface area contributed by atoms with Gasteiger partial charge in [-0.25, -0.2) is 4.98 Å². The number of unbranched alkanes of at least 4 members (excludes halogenated alkanes) is 1. The number of nitrogens with zero attached hydrogens (tertiary/aromatic N) is 2. The van der Waals surface area contributed by atoms with Crippen LogP contribution in [0.25, 0.3) is 11.0 Å². The third-order valence-electron chi connectivity index (χ3n) is 4.95. The fourth-order valence-electron chi connectivity index (χ4n) is 3.39. The van der Waals surface area contributed by atoms with Crippen molar-refractivity contribution in [3.8, 4) is 5.75 Å². The summed E-state index contributed by atoms with van der Waals surface area (Å²) >= 11 is 0. The molecule has 0 spiro atoms. The number of ether oxygens (including phenoxy) is 1. The van der Waals surface area contributed by atoms with Crippen LogP contribution in [-0.4, -0.2) is 28.6 Å². The van der Waals surface area contributed by atoms with Crippen molar-refractivity contribution >= 4 is 16.9 Å². The summed E-state index contributed by atoms with van der Waals surface area (Å²) in [6, 6.07) is 16.4. The molecule has 0 saturated carbocycles. The van der Waals surface area contributed by atoms with Crippen LogP contribution in [0.1, 0.15) is 44.0 Å². The average molecular weight is 394 g/mol. The van der Waals surface area contributed by atoms with Gasteiger partial charge in [0.15, 0.2) is 0 Å². The number of imidazole rings is 1. The van der Waals surface area contributed by atoms with Gasteiger partial charge in [-0.1, -0.05) is 36.8 Å². The lowest BCUT2D eigenvalue weighted by molar-refractivity contribution is -0.121. The lowest BCUT2D eigenvalue weighted by atomic mass is 10.2. The van der Waals surface area contributed by atoms with Gasteiger partial charge in [0.25, 0.3) is 0 Å². The van der Waals surface area contributed by atoms with E-state index in [1.165, 1.54) is 5.56 Å². The van der Waals surface area contributed by atoms with E-state index in [4.69, 9.17) is 9.72 Å². The predicted molar refractivity (Wildman–Crippen MR) is 117 cm³/mol. The number of para-hydroxylation sites is 2. The molecular weight excluding hydrogens is 362 g/mol. The lowest BCUT2D eigenvalue weighted by Crippen LogP contribution is -2.26. The van der Waals surface area contributed by atoms with Crippen LogP contribution in [0.2, 0.25) is 0 Å². The monoisotopic (exact) mass is 393 g/mol. The Morgan fingerprint density at radius 2 is 1.90 bits per heavy atom. The third-order valence-corrected chi connectivity index (χ3v) is 4.95. The Morgan fingerprint density at radius 1 is 1.10 bits per heavy atom. The van der Waals surface area contributed by atoms with Crippen LogP contribution in [0.3, 0.4) is 0 Å². The van der Waals surface area contributed by atoms with Gasteiger partial charge in [0.1, 0.15) is 11.6 Å². The Hall–Kier alpha value is -2.82. The van der Waals surface area contributed by atoms with E-state index in [1.807, 2.05) is 37.3 Å². The fraction of sp³-hybridized carbons (Fsp3) is 0.417. The molecule has 3 aromatic rings. The standard InChI is InChI=1S/C24H31N3O2/c1-3-8-24(28)25-16-15-23-26-21-9-4-5-10-22(21)27(23)17-6-7-18-29-20-13-11-19(2)12-14-20/h4-5,9-14H,3,6-8,15-18H2,1-2H3,(H,25,28). The number of aryl methyl sites for hydroxylation is 2. The molecule has 5 nitrogen and oxygen atoms in total. The van der Waals surface area contributed by atoms with Gasteiger partial charge in [0.05, 0.1) is 17.6 Å². The number of carbonyl (C=O) groups excluding carboxylic acids is 1. The minimum absolute atomic E-state index is 0.114. The number of amides is 1. The van der Waals surface area contributed by atoms with E-state index in [1.54, 1.807) is 0 Å². The largest absolute Gasteiger partial charge is 0.494 e. The number of aromatic nitrogens is 2. The Morgan fingerprint density at radius 3 is 2.69 bits per heavy atom. The minimum atomic E-state index is 0.114. The lowest BCUT2D eigenvalue weighted by Gasteiger charge is -2.11. The maximum absolute atomic E-state index is 11.7. The zero-order valence-corrected chi connectivity index (χ0v) is 17.5. The van der Waals surface area contributed by atoms with Crippen molar-refractivity contribution in [3.05, 3.63) is 59.9 Å². The van der Waals surface area contributed by atoms with Crippen LogP contribution < -0.4 is 10.1 Å². The molecule has 0 aliphatic heterocycles. The Labute approximate surface area is 173 Å². The number of rotatable bonds is 11. The molecule has 0 radical (unpaired) electrons. The zero-order chi connectivity index (χ0) is 20.5. The van der Waals surface area contributed by atoms with Crippen LogP contribution in [0.4, 0.5) is 0 Å². The van der Waals surface area contributed by atoms with E-state index in [0.29, 0.717) is 19.6 Å². The normalized spacial score (nSPS) is 11.0. The molecule has 29 heavy (non-hydrogen) atoms. The first-order valence-electron chi connectivity index (χ1n) is 10.6. The summed E-state index contributed by atoms with van der Waals surface area (Å²) in [7, 11) is 0. The van der Waals surface area contributed by atoms with Gasteiger partial charge in [-0.2, -0.15) is 0 Å². The van der Waals surface area contributed by atoms with E-state index in [0.717, 1.165) is 54.8 Å². The summed E-state index contributed by atoms with van der Waals surface area (Å²) in [6.45, 7) is 6.32. The molecular formula is C24H31N3O2. The van der Waals surface area contributed by atoms with Crippen LogP contribution in [0.15, 0.2) is 48.5 Å². The molecule has 0 aliphatic carbocycles. The maximum Gasteiger partial charge on any atom is 0.219 e. The summed E-state index contributed by atoms with van der Waals surface area (Å²) in [5.74, 6) is 2.07. The molecule has 0 unspecified atom stereocenters. The van der Waals surface area contributed by atoms with Crippen molar-refractivity contribution in [1.29, 1.82) is 0 Å². The molecule has 1 amide bonds. The van der Waals surface area contributed by atoms with E-state index in [-0.39, 0.29) is 5.91 Å². The first-order valence-corrected chi connectivity index (χ1v) is 10.6. The van der Waals surface area contributed by atoms with Crippen molar-refractivity contribution in [2.75, 3.05) is 13.2 Å². The van der Waals surface area contributed by atoms with Crippen molar-refractivity contribution < 1.29 is 9.53 Å². The summed E-state index contributed by atoms with van der Waals surface area (Å²) < 4.78 is 8.12. The fourth-order valence-corrected chi connectivity index (χ4v) is 3.39. The van der Waals surface area contributed by atoms with Crippen molar-refractivity contribution in [1.82, 2.24) is 14.9 Å². The second-order valence-electron chi connectivity index (χ2n) is 7.39. The van der Waals surface area contributed by atoms with E-state index in [2.05, 4.69) is 35.0 Å². The third kappa shape index (κ3) is 6.08. The SMILES string of the molecule is CCCC(=O)NCCc1nc2ccccc2n1CCCCOc1ccc(C)cc1. The first kappa shape index (κ1) is 20.9. The number of nitrogens with one attached hydrogen (secondary N) is 1. The second kappa shape index (κ2) is 10.6. The highest BCUT2D eigenvalue weighted by Crippen LogP contribution is 2.18. The highest BCUT2D eigenvalue weighted by Gasteiger charge is 2.10. The molecule has 3 rings (SSSR count). The quantitative estimate of drug-likeness (QED) is 0.482. The van der Waals surface area contributed by atoms with Crippen molar-refractivity contribution in [3.63, 3.8) is 0 Å². The smallest absolute Gasteiger partial charge is 0.219 e. The van der Waals surface area contributed by atoms with Gasteiger partial charge in [-0.05, 0) is 50.5 Å². The molecule has 0 fully saturated rings. The Balaban J connectivity index is 1.54. The first-order chi connectivity index (χ1) is 14.2. The molecule has 0 aliphatic rings. The molecule has 5 heteroatoms. The molecule has 0 saturated heterocycles. The van der Waals surface area contributed by atoms with Crippen molar-refractivity contribution in [2.45, 2.75) is 52.5 Å². The molecule has 1 N–H and O–H groups in total. The van der Waals surface area contributed by atoms with E-state index < -0.39 is 0 Å².